The molecule has 13 rings (SSSR count). The Labute approximate surface area is 370 Å². The molecule has 10 aromatic carbocycles. The minimum Gasteiger partial charge on any atom is -0.310 e. The van der Waals surface area contributed by atoms with E-state index < -0.39 is 0 Å². The van der Waals surface area contributed by atoms with Gasteiger partial charge >= 0.3 is 0 Å². The van der Waals surface area contributed by atoms with E-state index in [0.717, 1.165) is 39.8 Å². The predicted octanol–water partition coefficient (Wildman–Crippen LogP) is 16.5. The molecule has 13 aromatic rings. The van der Waals surface area contributed by atoms with E-state index in [1.165, 1.54) is 71.0 Å². The normalized spacial score (nSPS) is 11.8. The quantitative estimate of drug-likeness (QED) is 0.152. The molecule has 0 amide bonds. The largest absolute Gasteiger partial charge is 0.310 e. The van der Waals surface area contributed by atoms with E-state index in [1.807, 2.05) is 0 Å². The van der Waals surface area contributed by atoms with E-state index in [1.54, 1.807) is 0 Å². The van der Waals surface area contributed by atoms with Gasteiger partial charge in [-0.3, -0.25) is 0 Å². The average Bonchev–Trinajstić information content (AvgIpc) is 3.85. The molecule has 0 unspecified atom stereocenters. The number of rotatable bonds is 8. The number of benzene rings is 10. The molecule has 4 nitrogen and oxygen atoms in total. The van der Waals surface area contributed by atoms with Crippen molar-refractivity contribution >= 4 is 94.0 Å². The fourth-order valence-electron chi connectivity index (χ4n) is 10.3. The SMILES string of the molecule is c1ccc(-c2ccc(N(c3ccc(-n4c5cccc6c7cccc8c9ccccc9n(c9cccc4c9c65)c78)cc3)c3cccc(N(c4ccccc4)c4ccccc4)c3)cc2)cc1. The molecule has 3 aromatic heterocycles. The second kappa shape index (κ2) is 14.5. The Morgan fingerprint density at radius 1 is 0.266 bits per heavy atom. The summed E-state index contributed by atoms with van der Waals surface area (Å²) in [4.78, 5) is 4.69. The van der Waals surface area contributed by atoms with Gasteiger partial charge in [-0.1, -0.05) is 140 Å². The van der Waals surface area contributed by atoms with Crippen molar-refractivity contribution in [2.75, 3.05) is 9.80 Å². The zero-order chi connectivity index (χ0) is 42.1. The summed E-state index contributed by atoms with van der Waals surface area (Å²) in [5, 5.41) is 7.65. The third-order valence-electron chi connectivity index (χ3n) is 13.0. The Bertz CT molecular complexity index is 3770. The van der Waals surface area contributed by atoms with Gasteiger partial charge in [0.25, 0.3) is 0 Å². The Morgan fingerprint density at radius 2 is 0.688 bits per heavy atom. The first-order valence-electron chi connectivity index (χ1n) is 21.9. The molecule has 0 aliphatic rings. The van der Waals surface area contributed by atoms with E-state index in [-0.39, 0.29) is 0 Å². The molecule has 0 bridgehead atoms. The third-order valence-corrected chi connectivity index (χ3v) is 13.0. The molecule has 64 heavy (non-hydrogen) atoms. The Balaban J connectivity index is 0.991. The van der Waals surface area contributed by atoms with Crippen LogP contribution in [0, 0.1) is 0 Å². The highest BCUT2D eigenvalue weighted by atomic mass is 15.2. The lowest BCUT2D eigenvalue weighted by Crippen LogP contribution is -2.13. The van der Waals surface area contributed by atoms with Gasteiger partial charge < -0.3 is 18.8 Å². The van der Waals surface area contributed by atoms with Gasteiger partial charge in [-0.25, -0.2) is 0 Å². The number of para-hydroxylation sites is 4. The molecule has 0 aliphatic heterocycles. The lowest BCUT2D eigenvalue weighted by atomic mass is 10.0. The molecule has 0 N–H and O–H groups in total. The molecular formula is C60H40N4. The average molecular weight is 817 g/mol. The second-order valence-electron chi connectivity index (χ2n) is 16.6. The van der Waals surface area contributed by atoms with Crippen molar-refractivity contribution in [3.05, 3.63) is 243 Å². The number of nitrogens with zero attached hydrogens (tertiary/aromatic N) is 4. The molecule has 0 fully saturated rings. The number of aromatic nitrogens is 2. The zero-order valence-corrected chi connectivity index (χ0v) is 34.9. The molecule has 3 heterocycles. The number of fused-ring (bicyclic) bond motifs is 5. The number of hydrogen-bond acceptors (Lipinski definition) is 2. The van der Waals surface area contributed by atoms with Gasteiger partial charge in [-0.05, 0) is 120 Å². The van der Waals surface area contributed by atoms with E-state index in [4.69, 9.17) is 0 Å². The highest BCUT2D eigenvalue weighted by Gasteiger charge is 2.23. The van der Waals surface area contributed by atoms with Crippen LogP contribution >= 0.6 is 0 Å². The summed E-state index contributed by atoms with van der Waals surface area (Å²) in [6.07, 6.45) is 0. The van der Waals surface area contributed by atoms with Crippen molar-refractivity contribution in [3.63, 3.8) is 0 Å². The predicted molar refractivity (Wildman–Crippen MR) is 270 cm³/mol. The van der Waals surface area contributed by atoms with Crippen LogP contribution in [0.1, 0.15) is 0 Å². The maximum atomic E-state index is 2.50. The Hall–Kier alpha value is -8.60. The standard InChI is InChI=1S/C60H40N4/c1-4-16-41(17-5-1)42-32-34-45(35-33-42)62(49-23-12-22-48(40-49)61(43-18-6-2-7-19-43)44-20-8-3-9-21-44)46-36-38-47(39-37-46)63-55-29-14-25-51-53-27-13-26-52-50-24-10-11-28-54(50)64(60(52)53)57-31-15-30-56(63)59(57)58(51)55/h1-40H. The molecule has 4 heteroatoms. The summed E-state index contributed by atoms with van der Waals surface area (Å²) in [6.45, 7) is 0. The van der Waals surface area contributed by atoms with Gasteiger partial charge in [0, 0.05) is 66.7 Å². The van der Waals surface area contributed by atoms with Gasteiger partial charge in [0.05, 0.1) is 27.6 Å². The molecular weight excluding hydrogens is 777 g/mol. The molecule has 300 valence electrons. The molecule has 0 radical (unpaired) electrons. The van der Waals surface area contributed by atoms with Crippen LogP contribution in [0.3, 0.4) is 0 Å². The summed E-state index contributed by atoms with van der Waals surface area (Å²) in [5.41, 5.74) is 16.1. The first-order chi connectivity index (χ1) is 31.8. The topological polar surface area (TPSA) is 15.8 Å². The molecule has 0 atom stereocenters. The highest BCUT2D eigenvalue weighted by molar-refractivity contribution is 6.31. The van der Waals surface area contributed by atoms with Crippen LogP contribution in [0.25, 0.3) is 76.7 Å². The van der Waals surface area contributed by atoms with Gasteiger partial charge in [0.2, 0.25) is 0 Å². The fourth-order valence-corrected chi connectivity index (χ4v) is 10.3. The number of anilines is 6. The molecule has 0 saturated heterocycles. The molecule has 0 saturated carbocycles. The van der Waals surface area contributed by atoms with Crippen LogP contribution in [-0.2, 0) is 0 Å². The lowest BCUT2D eigenvalue weighted by Gasteiger charge is -2.29. The van der Waals surface area contributed by atoms with Gasteiger partial charge in [0.1, 0.15) is 0 Å². The van der Waals surface area contributed by atoms with Gasteiger partial charge in [0.15, 0.2) is 0 Å². The van der Waals surface area contributed by atoms with Crippen LogP contribution in [0.4, 0.5) is 34.1 Å². The Morgan fingerprint density at radius 3 is 1.36 bits per heavy atom. The minimum absolute atomic E-state index is 1.06. The summed E-state index contributed by atoms with van der Waals surface area (Å²) in [6, 6.07) is 88.0. The maximum absolute atomic E-state index is 2.50. The first kappa shape index (κ1) is 36.1. The van der Waals surface area contributed by atoms with Crippen molar-refractivity contribution in [3.8, 4) is 16.8 Å². The van der Waals surface area contributed by atoms with Crippen molar-refractivity contribution in [2.24, 2.45) is 0 Å². The maximum Gasteiger partial charge on any atom is 0.0619 e. The van der Waals surface area contributed by atoms with Crippen LogP contribution in [0.15, 0.2) is 243 Å². The van der Waals surface area contributed by atoms with E-state index in [9.17, 15) is 0 Å². The van der Waals surface area contributed by atoms with E-state index in [0.29, 0.717) is 0 Å². The zero-order valence-electron chi connectivity index (χ0n) is 34.9. The van der Waals surface area contributed by atoms with E-state index in [2.05, 4.69) is 261 Å². The van der Waals surface area contributed by atoms with Crippen LogP contribution in [0.2, 0.25) is 0 Å². The van der Waals surface area contributed by atoms with Crippen LogP contribution in [-0.4, -0.2) is 8.97 Å². The van der Waals surface area contributed by atoms with Gasteiger partial charge in [-0.2, -0.15) is 0 Å². The third kappa shape index (κ3) is 5.56. The van der Waals surface area contributed by atoms with Crippen molar-refractivity contribution in [2.45, 2.75) is 0 Å². The minimum atomic E-state index is 1.06. The van der Waals surface area contributed by atoms with E-state index >= 15 is 0 Å². The highest BCUT2D eigenvalue weighted by Crippen LogP contribution is 2.45. The summed E-state index contributed by atoms with van der Waals surface area (Å²) in [7, 11) is 0. The fraction of sp³-hybridized carbons (Fsp3) is 0. The first-order valence-corrected chi connectivity index (χ1v) is 21.9. The summed E-state index contributed by atoms with van der Waals surface area (Å²) >= 11 is 0. The monoisotopic (exact) mass is 816 g/mol. The second-order valence-corrected chi connectivity index (χ2v) is 16.6. The van der Waals surface area contributed by atoms with Crippen LogP contribution < -0.4 is 9.80 Å². The molecule has 0 aliphatic carbocycles. The molecule has 0 spiro atoms. The smallest absolute Gasteiger partial charge is 0.0619 e. The summed E-state index contributed by atoms with van der Waals surface area (Å²) in [5.74, 6) is 0. The van der Waals surface area contributed by atoms with Crippen LogP contribution in [0.5, 0.6) is 0 Å². The van der Waals surface area contributed by atoms with Crippen molar-refractivity contribution in [1.82, 2.24) is 8.97 Å². The Kier molecular flexibility index (Phi) is 8.18. The lowest BCUT2D eigenvalue weighted by molar-refractivity contribution is 1.17. The summed E-state index contributed by atoms with van der Waals surface area (Å²) < 4.78 is 4.95. The number of hydrogen-bond donors (Lipinski definition) is 0. The van der Waals surface area contributed by atoms with Crippen molar-refractivity contribution < 1.29 is 0 Å². The van der Waals surface area contributed by atoms with Crippen molar-refractivity contribution in [1.29, 1.82) is 0 Å². The van der Waals surface area contributed by atoms with Gasteiger partial charge in [-0.15, -0.1) is 0 Å².